The number of aromatic amines is 1. The van der Waals surface area contributed by atoms with Gasteiger partial charge in [-0.3, -0.25) is 0 Å². The SMILES string of the molecule is O=S(=O)([O-])c1cc(S(=O)(=O)[O-])c2ccc(S(=O)(=O)[O-])c(N=Nc3ccccc3/C=C/c3nc4ccccc4[nH]3)c2c1. The van der Waals surface area contributed by atoms with E-state index in [2.05, 4.69) is 20.2 Å². The highest BCUT2D eigenvalue weighted by molar-refractivity contribution is 7.87. The van der Waals surface area contributed by atoms with Crippen molar-refractivity contribution in [2.24, 2.45) is 10.2 Å². The number of hydrogen-bond acceptors (Lipinski definition) is 12. The van der Waals surface area contributed by atoms with Crippen molar-refractivity contribution in [3.8, 4) is 0 Å². The lowest BCUT2D eigenvalue weighted by atomic mass is 10.1. The predicted octanol–water partition coefficient (Wildman–Crippen LogP) is 4.01. The monoisotopic (exact) mass is 611 g/mol. The largest absolute Gasteiger partial charge is 0.744 e. The summed E-state index contributed by atoms with van der Waals surface area (Å²) in [6.07, 6.45) is 3.28. The summed E-state index contributed by atoms with van der Waals surface area (Å²) in [6, 6.07) is 16.3. The molecule has 0 spiro atoms. The van der Waals surface area contributed by atoms with Crippen LogP contribution in [-0.2, 0) is 30.4 Å². The summed E-state index contributed by atoms with van der Waals surface area (Å²) in [4.78, 5) is 4.30. The molecule has 0 saturated carbocycles. The molecule has 210 valence electrons. The number of imidazole rings is 1. The van der Waals surface area contributed by atoms with Crippen molar-refractivity contribution < 1.29 is 38.9 Å². The maximum absolute atomic E-state index is 12.0. The Morgan fingerprint density at radius 1 is 0.683 bits per heavy atom. The van der Waals surface area contributed by atoms with Gasteiger partial charge in [0.15, 0.2) is 0 Å². The quantitative estimate of drug-likeness (QED) is 0.205. The van der Waals surface area contributed by atoms with Gasteiger partial charge in [0.1, 0.15) is 41.9 Å². The lowest BCUT2D eigenvalue weighted by Gasteiger charge is -2.18. The Hall–Kier alpha value is -4.32. The van der Waals surface area contributed by atoms with E-state index >= 15 is 0 Å². The van der Waals surface area contributed by atoms with Crippen molar-refractivity contribution in [1.82, 2.24) is 9.97 Å². The lowest BCUT2D eigenvalue weighted by molar-refractivity contribution is 0.460. The first-order valence-corrected chi connectivity index (χ1v) is 15.6. The summed E-state index contributed by atoms with van der Waals surface area (Å²) in [7, 11) is -16.0. The number of nitrogens with one attached hydrogen (secondary N) is 1. The fourth-order valence-electron chi connectivity index (χ4n) is 4.04. The molecule has 1 heterocycles. The molecule has 5 rings (SSSR count). The lowest BCUT2D eigenvalue weighted by Crippen LogP contribution is -2.06. The van der Waals surface area contributed by atoms with Crippen LogP contribution < -0.4 is 0 Å². The standard InChI is InChI=1S/C25H18N4O9S3/c30-39(31,32)16-13-18-17(23(14-16)41(36,37)38)10-11-22(40(33,34)35)25(18)29-28-19-6-2-1-5-15(19)9-12-24-26-20-7-3-4-8-21(20)27-24/h1-14H,(H,26,27)(H,30,31,32)(H,33,34,35)(H,36,37,38)/p-3/b12-9+,29-28?. The molecule has 1 aromatic heterocycles. The zero-order valence-corrected chi connectivity index (χ0v) is 22.8. The van der Waals surface area contributed by atoms with Crippen LogP contribution in [0.4, 0.5) is 11.4 Å². The summed E-state index contributed by atoms with van der Waals surface area (Å²) in [5, 5.41) is 6.84. The second-order valence-electron chi connectivity index (χ2n) is 8.52. The van der Waals surface area contributed by atoms with Crippen LogP contribution in [-0.4, -0.2) is 48.9 Å². The molecule has 0 unspecified atom stereocenters. The van der Waals surface area contributed by atoms with Crippen molar-refractivity contribution in [3.05, 3.63) is 84.2 Å². The van der Waals surface area contributed by atoms with Gasteiger partial charge < -0.3 is 18.6 Å². The average molecular weight is 612 g/mol. The van der Waals surface area contributed by atoms with Gasteiger partial charge in [-0.15, -0.1) is 10.2 Å². The van der Waals surface area contributed by atoms with E-state index in [1.165, 1.54) is 6.07 Å². The Morgan fingerprint density at radius 3 is 2.05 bits per heavy atom. The van der Waals surface area contributed by atoms with Crippen LogP contribution in [0.25, 0.3) is 34.0 Å². The maximum Gasteiger partial charge on any atom is 0.131 e. The van der Waals surface area contributed by atoms with Crippen LogP contribution in [0.1, 0.15) is 11.4 Å². The highest BCUT2D eigenvalue weighted by Gasteiger charge is 2.20. The van der Waals surface area contributed by atoms with Crippen LogP contribution in [0.15, 0.2) is 97.7 Å². The fourth-order valence-corrected chi connectivity index (χ4v) is 5.98. The highest BCUT2D eigenvalue weighted by Crippen LogP contribution is 2.39. The van der Waals surface area contributed by atoms with Gasteiger partial charge in [0.2, 0.25) is 0 Å². The molecule has 0 bridgehead atoms. The van der Waals surface area contributed by atoms with Crippen LogP contribution in [0.3, 0.4) is 0 Å². The average Bonchev–Trinajstić information content (AvgIpc) is 3.31. The van der Waals surface area contributed by atoms with Crippen LogP contribution >= 0.6 is 0 Å². The smallest absolute Gasteiger partial charge is 0.131 e. The van der Waals surface area contributed by atoms with Crippen molar-refractivity contribution in [2.75, 3.05) is 0 Å². The number of azo groups is 1. The summed E-state index contributed by atoms with van der Waals surface area (Å²) in [5.41, 5.74) is 1.41. The van der Waals surface area contributed by atoms with Crippen molar-refractivity contribution in [3.63, 3.8) is 0 Å². The molecule has 1 N–H and O–H groups in total. The van der Waals surface area contributed by atoms with Crippen molar-refractivity contribution in [1.29, 1.82) is 0 Å². The summed E-state index contributed by atoms with van der Waals surface area (Å²) >= 11 is 0. The molecule has 13 nitrogen and oxygen atoms in total. The molecule has 0 amide bonds. The number of aromatic nitrogens is 2. The third kappa shape index (κ3) is 5.92. The molecule has 0 aliphatic carbocycles. The molecule has 5 aromatic rings. The Labute approximate surface area is 233 Å². The van der Waals surface area contributed by atoms with Crippen LogP contribution in [0, 0.1) is 0 Å². The van der Waals surface area contributed by atoms with Crippen molar-refractivity contribution in [2.45, 2.75) is 14.7 Å². The van der Waals surface area contributed by atoms with Gasteiger partial charge in [-0.25, -0.2) is 30.2 Å². The topological polar surface area (TPSA) is 225 Å². The molecule has 0 aliphatic heterocycles. The molecule has 0 fully saturated rings. The van der Waals surface area contributed by atoms with Gasteiger partial charge in [0.05, 0.1) is 31.4 Å². The number of para-hydroxylation sites is 2. The zero-order chi connectivity index (χ0) is 29.6. The molecule has 16 heteroatoms. The Balaban J connectivity index is 1.69. The molecular formula is C25H15N4O9S3-3. The van der Waals surface area contributed by atoms with E-state index < -0.39 is 61.5 Å². The van der Waals surface area contributed by atoms with E-state index in [0.29, 0.717) is 29.6 Å². The molecule has 0 saturated heterocycles. The van der Waals surface area contributed by atoms with E-state index in [0.717, 1.165) is 17.1 Å². The first-order chi connectivity index (χ1) is 19.2. The number of nitrogens with zero attached hydrogens (tertiary/aromatic N) is 3. The molecule has 0 aliphatic rings. The third-order valence-corrected chi connectivity index (χ3v) is 8.41. The summed E-state index contributed by atoms with van der Waals surface area (Å²) < 4.78 is 107. The first kappa shape index (κ1) is 28.2. The summed E-state index contributed by atoms with van der Waals surface area (Å²) in [6.45, 7) is 0. The first-order valence-electron chi connectivity index (χ1n) is 11.3. The minimum Gasteiger partial charge on any atom is -0.744 e. The van der Waals surface area contributed by atoms with Gasteiger partial charge in [0.25, 0.3) is 0 Å². The number of H-pyrrole nitrogens is 1. The molecule has 4 aromatic carbocycles. The second kappa shape index (κ2) is 10.3. The van der Waals surface area contributed by atoms with Gasteiger partial charge in [-0.1, -0.05) is 36.4 Å². The van der Waals surface area contributed by atoms with E-state index in [4.69, 9.17) is 0 Å². The normalized spacial score (nSPS) is 13.1. The van der Waals surface area contributed by atoms with E-state index in [-0.39, 0.29) is 5.69 Å². The van der Waals surface area contributed by atoms with Gasteiger partial charge in [0, 0.05) is 16.3 Å². The minimum absolute atomic E-state index is 0.162. The number of benzene rings is 4. The van der Waals surface area contributed by atoms with E-state index in [9.17, 15) is 38.9 Å². The molecule has 41 heavy (non-hydrogen) atoms. The third-order valence-electron chi connectivity index (χ3n) is 5.86. The van der Waals surface area contributed by atoms with Crippen LogP contribution in [0.2, 0.25) is 0 Å². The maximum atomic E-state index is 12.0. The number of hydrogen-bond donors (Lipinski definition) is 1. The number of fused-ring (bicyclic) bond motifs is 2. The Kier molecular flexibility index (Phi) is 7.06. The van der Waals surface area contributed by atoms with Gasteiger partial charge >= 0.3 is 0 Å². The highest BCUT2D eigenvalue weighted by atomic mass is 32.2. The van der Waals surface area contributed by atoms with E-state index in [1.807, 2.05) is 24.3 Å². The predicted molar refractivity (Wildman–Crippen MR) is 143 cm³/mol. The molecule has 0 radical (unpaired) electrons. The summed E-state index contributed by atoms with van der Waals surface area (Å²) in [5.74, 6) is 0.518. The Morgan fingerprint density at radius 2 is 1.37 bits per heavy atom. The Bertz CT molecular complexity index is 2210. The molecule has 0 atom stereocenters. The van der Waals surface area contributed by atoms with Gasteiger partial charge in [-0.2, -0.15) is 0 Å². The second-order valence-corrected chi connectivity index (χ2v) is 12.6. The zero-order valence-electron chi connectivity index (χ0n) is 20.3. The fraction of sp³-hybridized carbons (Fsp3) is 0. The van der Waals surface area contributed by atoms with E-state index in [1.54, 1.807) is 30.4 Å². The van der Waals surface area contributed by atoms with Gasteiger partial charge in [-0.05, 0) is 48.6 Å². The number of rotatable bonds is 7. The minimum atomic E-state index is -5.37. The van der Waals surface area contributed by atoms with Crippen molar-refractivity contribution >= 4 is 75.7 Å². The van der Waals surface area contributed by atoms with Crippen LogP contribution in [0.5, 0.6) is 0 Å². The molecular weight excluding hydrogens is 596 g/mol.